The highest BCUT2D eigenvalue weighted by atomic mass is 16.5. The summed E-state index contributed by atoms with van der Waals surface area (Å²) in [6, 6.07) is 28.9. The number of nitrogens with one attached hydrogen (secondary N) is 1. The molecule has 1 saturated heterocycles. The molecule has 3 aromatic carbocycles. The van der Waals surface area contributed by atoms with E-state index < -0.39 is 5.41 Å². The number of carbonyl (C=O) groups excluding carboxylic acids is 1. The lowest BCUT2D eigenvalue weighted by molar-refractivity contribution is -0.133. The summed E-state index contributed by atoms with van der Waals surface area (Å²) in [7, 11) is 5.39. The summed E-state index contributed by atoms with van der Waals surface area (Å²) in [6.07, 6.45) is 5.99. The second-order valence-corrected chi connectivity index (χ2v) is 11.9. The van der Waals surface area contributed by atoms with Crippen LogP contribution in [0.25, 0.3) is 11.2 Å². The minimum Gasteiger partial charge on any atom is -0.497 e. The molecule has 1 aliphatic rings. The first-order valence-electron chi connectivity index (χ1n) is 15.6. The Morgan fingerprint density at radius 3 is 2.20 bits per heavy atom. The van der Waals surface area contributed by atoms with Crippen molar-refractivity contribution in [1.82, 2.24) is 29.3 Å². The number of ether oxygens (including phenoxy) is 1. The molecule has 9 nitrogen and oxygen atoms in total. The Labute approximate surface area is 264 Å². The van der Waals surface area contributed by atoms with Crippen LogP contribution in [0.2, 0.25) is 0 Å². The van der Waals surface area contributed by atoms with Crippen molar-refractivity contribution in [3.63, 3.8) is 0 Å². The Kier molecular flexibility index (Phi) is 9.07. The number of likely N-dealkylation sites (N-methyl/N-ethyl adjacent to an activating group) is 1. The highest BCUT2D eigenvalue weighted by Crippen LogP contribution is 2.38. The molecule has 0 spiro atoms. The quantitative estimate of drug-likeness (QED) is 0.221. The molecule has 1 fully saturated rings. The molecule has 0 saturated carbocycles. The third-order valence-corrected chi connectivity index (χ3v) is 8.94. The van der Waals surface area contributed by atoms with Gasteiger partial charge in [-0.3, -0.25) is 9.36 Å². The first-order valence-corrected chi connectivity index (χ1v) is 15.6. The van der Waals surface area contributed by atoms with Crippen molar-refractivity contribution in [1.29, 1.82) is 0 Å². The van der Waals surface area contributed by atoms with Gasteiger partial charge in [-0.25, -0.2) is 15.0 Å². The van der Waals surface area contributed by atoms with Crippen molar-refractivity contribution in [2.24, 2.45) is 0 Å². The van der Waals surface area contributed by atoms with Gasteiger partial charge in [-0.1, -0.05) is 72.8 Å². The summed E-state index contributed by atoms with van der Waals surface area (Å²) >= 11 is 0. The van der Waals surface area contributed by atoms with E-state index in [9.17, 15) is 4.79 Å². The maximum absolute atomic E-state index is 14.0. The van der Waals surface area contributed by atoms with Crippen LogP contribution in [-0.4, -0.2) is 82.1 Å². The summed E-state index contributed by atoms with van der Waals surface area (Å²) in [4.78, 5) is 31.9. The van der Waals surface area contributed by atoms with Crippen molar-refractivity contribution >= 4 is 23.0 Å². The number of likely N-dealkylation sites (tertiary alicyclic amines) is 1. The second kappa shape index (κ2) is 13.5. The molecule has 0 radical (unpaired) electrons. The van der Waals surface area contributed by atoms with Crippen molar-refractivity contribution in [2.75, 3.05) is 46.2 Å². The molecule has 5 aromatic rings. The van der Waals surface area contributed by atoms with Gasteiger partial charge in [0.2, 0.25) is 11.9 Å². The summed E-state index contributed by atoms with van der Waals surface area (Å²) in [6.45, 7) is 3.33. The smallest absolute Gasteiger partial charge is 0.237 e. The Bertz CT molecular complexity index is 1660. The number of hydrogen-bond acceptors (Lipinski definition) is 7. The van der Waals surface area contributed by atoms with Crippen LogP contribution in [0.3, 0.4) is 0 Å². The largest absolute Gasteiger partial charge is 0.497 e. The standard InChI is InChI=1S/C36H41N7O2/c1-41(2)34(44)36(28-10-6-4-7-11-28,29-12-8-5-9-13-29)20-23-42-21-18-30(19-22-42)39-35-40-32-24-37-26-38-33(32)43(35)25-27-14-16-31(45-3)17-15-27/h4-17,24,26,30H,18-23,25H2,1-3H3,(H,39,40). The van der Waals surface area contributed by atoms with Crippen LogP contribution in [-0.2, 0) is 16.8 Å². The van der Waals surface area contributed by atoms with Crippen LogP contribution in [0, 0.1) is 0 Å². The summed E-state index contributed by atoms with van der Waals surface area (Å²) in [5.41, 5.74) is 4.03. The third-order valence-electron chi connectivity index (χ3n) is 8.94. The van der Waals surface area contributed by atoms with E-state index in [4.69, 9.17) is 9.72 Å². The van der Waals surface area contributed by atoms with Gasteiger partial charge in [-0.15, -0.1) is 0 Å². The van der Waals surface area contributed by atoms with E-state index in [2.05, 4.69) is 61.1 Å². The number of piperidine rings is 1. The summed E-state index contributed by atoms with van der Waals surface area (Å²) in [5, 5.41) is 3.73. The Morgan fingerprint density at radius 1 is 0.956 bits per heavy atom. The maximum atomic E-state index is 14.0. The van der Waals surface area contributed by atoms with Gasteiger partial charge in [0.25, 0.3) is 0 Å². The third kappa shape index (κ3) is 6.40. The molecule has 9 heteroatoms. The van der Waals surface area contributed by atoms with Crippen LogP contribution in [0.5, 0.6) is 5.75 Å². The molecular formula is C36H41N7O2. The van der Waals surface area contributed by atoms with Gasteiger partial charge in [0.1, 0.15) is 23.0 Å². The van der Waals surface area contributed by atoms with Crippen molar-refractivity contribution in [2.45, 2.75) is 37.3 Å². The number of benzene rings is 3. The average Bonchev–Trinajstić information content (AvgIpc) is 3.43. The van der Waals surface area contributed by atoms with Crippen LogP contribution in [0.4, 0.5) is 5.95 Å². The molecule has 3 heterocycles. The van der Waals surface area contributed by atoms with E-state index in [-0.39, 0.29) is 11.9 Å². The zero-order valence-corrected chi connectivity index (χ0v) is 26.3. The van der Waals surface area contributed by atoms with Crippen molar-refractivity contribution in [3.05, 3.63) is 114 Å². The van der Waals surface area contributed by atoms with Crippen LogP contribution in [0.15, 0.2) is 97.5 Å². The van der Waals surface area contributed by atoms with Crippen molar-refractivity contribution < 1.29 is 9.53 Å². The molecule has 0 unspecified atom stereocenters. The van der Waals surface area contributed by atoms with Gasteiger partial charge < -0.3 is 19.9 Å². The van der Waals surface area contributed by atoms with E-state index in [1.807, 2.05) is 62.6 Å². The molecule has 0 atom stereocenters. The predicted molar refractivity (Wildman–Crippen MR) is 177 cm³/mol. The number of methoxy groups -OCH3 is 1. The Hall–Kier alpha value is -4.76. The zero-order valence-electron chi connectivity index (χ0n) is 26.3. The molecule has 0 bridgehead atoms. The zero-order chi connectivity index (χ0) is 31.2. The number of fused-ring (bicyclic) bond motifs is 1. The molecule has 0 aliphatic carbocycles. The number of aromatic nitrogens is 4. The number of hydrogen-bond donors (Lipinski definition) is 1. The second-order valence-electron chi connectivity index (χ2n) is 11.9. The molecule has 1 N–H and O–H groups in total. The van der Waals surface area contributed by atoms with Gasteiger partial charge in [0.05, 0.1) is 19.9 Å². The van der Waals surface area contributed by atoms with E-state index in [0.717, 1.165) is 72.0 Å². The predicted octanol–water partition coefficient (Wildman–Crippen LogP) is 5.22. The Morgan fingerprint density at radius 2 is 1.60 bits per heavy atom. The topological polar surface area (TPSA) is 88.4 Å². The molecule has 1 amide bonds. The molecule has 2 aromatic heterocycles. The number of carbonyl (C=O) groups is 1. The summed E-state index contributed by atoms with van der Waals surface area (Å²) < 4.78 is 7.47. The van der Waals surface area contributed by atoms with Crippen LogP contribution in [0.1, 0.15) is 36.0 Å². The lowest BCUT2D eigenvalue weighted by Gasteiger charge is -2.39. The van der Waals surface area contributed by atoms with E-state index in [1.165, 1.54) is 0 Å². The van der Waals surface area contributed by atoms with Gasteiger partial charge in [-0.2, -0.15) is 0 Å². The van der Waals surface area contributed by atoms with Gasteiger partial charge in [0, 0.05) is 33.2 Å². The fourth-order valence-corrected chi connectivity index (χ4v) is 6.50. The Balaban J connectivity index is 1.17. The molecular weight excluding hydrogens is 562 g/mol. The fourth-order valence-electron chi connectivity index (χ4n) is 6.50. The monoisotopic (exact) mass is 603 g/mol. The lowest BCUT2D eigenvalue weighted by atomic mass is 9.70. The highest BCUT2D eigenvalue weighted by Gasteiger charge is 2.43. The maximum Gasteiger partial charge on any atom is 0.237 e. The highest BCUT2D eigenvalue weighted by molar-refractivity contribution is 5.92. The van der Waals surface area contributed by atoms with Gasteiger partial charge in [-0.05, 0) is 54.6 Å². The molecule has 1 aliphatic heterocycles. The first kappa shape index (κ1) is 30.3. The average molecular weight is 604 g/mol. The lowest BCUT2D eigenvalue weighted by Crippen LogP contribution is -2.48. The van der Waals surface area contributed by atoms with E-state index >= 15 is 0 Å². The molecule has 45 heavy (non-hydrogen) atoms. The molecule has 6 rings (SSSR count). The normalized spacial score (nSPS) is 14.4. The van der Waals surface area contributed by atoms with Crippen LogP contribution >= 0.6 is 0 Å². The molecule has 232 valence electrons. The minimum absolute atomic E-state index is 0.107. The van der Waals surface area contributed by atoms with Gasteiger partial charge >= 0.3 is 0 Å². The SMILES string of the molecule is COc1ccc(Cn2c(NC3CCN(CCC(C(=O)N(C)C)(c4ccccc4)c4ccccc4)CC3)nc3cncnc32)cc1. The van der Waals surface area contributed by atoms with Crippen LogP contribution < -0.4 is 10.1 Å². The number of imidazole rings is 1. The van der Waals surface area contributed by atoms with E-state index in [1.54, 1.807) is 24.5 Å². The minimum atomic E-state index is -0.755. The first-order chi connectivity index (χ1) is 22.0. The fraction of sp³-hybridized carbons (Fsp3) is 0.333. The van der Waals surface area contributed by atoms with Gasteiger partial charge in [0.15, 0.2) is 5.65 Å². The number of anilines is 1. The van der Waals surface area contributed by atoms with E-state index in [0.29, 0.717) is 13.0 Å². The number of nitrogens with zero attached hydrogens (tertiary/aromatic N) is 6. The summed E-state index contributed by atoms with van der Waals surface area (Å²) in [5.74, 6) is 1.75. The number of amides is 1. The van der Waals surface area contributed by atoms with Crippen molar-refractivity contribution in [3.8, 4) is 5.75 Å². The number of rotatable bonds is 11.